The quantitative estimate of drug-likeness (QED) is 0.944. The summed E-state index contributed by atoms with van der Waals surface area (Å²) in [6.07, 6.45) is 3.07. The molecule has 0 radical (unpaired) electrons. The largest absolute Gasteiger partial charge is 0.368 e. The summed E-state index contributed by atoms with van der Waals surface area (Å²) in [4.78, 5) is 18.4. The lowest BCUT2D eigenvalue weighted by Crippen LogP contribution is -2.47. The van der Waals surface area contributed by atoms with Crippen molar-refractivity contribution in [1.82, 2.24) is 9.88 Å². The molecule has 0 spiro atoms. The maximum Gasteiger partial charge on any atom is 0.234 e. The zero-order valence-corrected chi connectivity index (χ0v) is 12.7. The van der Waals surface area contributed by atoms with E-state index in [1.54, 1.807) is 11.3 Å². The normalized spacial score (nSPS) is 19.5. The molecule has 5 heteroatoms. The number of amides is 1. The predicted octanol–water partition coefficient (Wildman–Crippen LogP) is 2.65. The number of primary amides is 1. The summed E-state index contributed by atoms with van der Waals surface area (Å²) in [5.41, 5.74) is 7.67. The van der Waals surface area contributed by atoms with Crippen molar-refractivity contribution in [3.05, 3.63) is 41.4 Å². The topological polar surface area (TPSA) is 59.2 Å². The third kappa shape index (κ3) is 3.31. The first kappa shape index (κ1) is 14.2. The number of hydrogen-bond acceptors (Lipinski definition) is 4. The van der Waals surface area contributed by atoms with Gasteiger partial charge in [-0.1, -0.05) is 36.8 Å². The molecule has 1 saturated heterocycles. The number of hydrogen-bond donors (Lipinski definition) is 1. The van der Waals surface area contributed by atoms with Crippen LogP contribution in [0, 0.1) is 0 Å². The number of aromatic nitrogens is 1. The van der Waals surface area contributed by atoms with Crippen molar-refractivity contribution >= 4 is 17.2 Å². The van der Waals surface area contributed by atoms with Gasteiger partial charge in [0.05, 0.1) is 11.7 Å². The van der Waals surface area contributed by atoms with E-state index >= 15 is 0 Å². The van der Waals surface area contributed by atoms with E-state index in [0.717, 1.165) is 42.1 Å². The highest BCUT2D eigenvalue weighted by Crippen LogP contribution is 2.25. The van der Waals surface area contributed by atoms with Crippen LogP contribution in [0.1, 0.15) is 25.0 Å². The number of thiazole rings is 1. The number of nitrogens with two attached hydrogens (primary N) is 1. The minimum atomic E-state index is -0.215. The van der Waals surface area contributed by atoms with Crippen LogP contribution in [0.3, 0.4) is 0 Å². The van der Waals surface area contributed by atoms with Crippen molar-refractivity contribution in [2.45, 2.75) is 31.8 Å². The molecule has 2 N–H and O–H groups in total. The summed E-state index contributed by atoms with van der Waals surface area (Å²) in [6.45, 7) is 1.63. The van der Waals surface area contributed by atoms with Crippen molar-refractivity contribution in [3.63, 3.8) is 0 Å². The molecular formula is C16H19N3OS. The minimum Gasteiger partial charge on any atom is -0.368 e. The van der Waals surface area contributed by atoms with E-state index in [1.807, 2.05) is 18.2 Å². The molecule has 1 aliphatic heterocycles. The summed E-state index contributed by atoms with van der Waals surface area (Å²) in [7, 11) is 0. The summed E-state index contributed by atoms with van der Waals surface area (Å²) >= 11 is 1.65. The van der Waals surface area contributed by atoms with Gasteiger partial charge in [0.25, 0.3) is 0 Å². The van der Waals surface area contributed by atoms with E-state index in [-0.39, 0.29) is 11.9 Å². The van der Waals surface area contributed by atoms with E-state index < -0.39 is 0 Å². The summed E-state index contributed by atoms with van der Waals surface area (Å²) in [5, 5.41) is 3.10. The molecule has 0 unspecified atom stereocenters. The Morgan fingerprint density at radius 3 is 2.90 bits per heavy atom. The number of piperidine rings is 1. The SMILES string of the molecule is NC(=O)[C@@H]1CCCCN1Cc1csc(-c2ccccc2)n1. The summed E-state index contributed by atoms with van der Waals surface area (Å²) in [6, 6.07) is 10.0. The van der Waals surface area contributed by atoms with Crippen LogP contribution in [-0.2, 0) is 11.3 Å². The van der Waals surface area contributed by atoms with Crippen molar-refractivity contribution in [3.8, 4) is 10.6 Å². The lowest BCUT2D eigenvalue weighted by atomic mass is 10.0. The monoisotopic (exact) mass is 301 g/mol. The van der Waals surface area contributed by atoms with Crippen molar-refractivity contribution in [2.75, 3.05) is 6.54 Å². The molecule has 0 bridgehead atoms. The van der Waals surface area contributed by atoms with Crippen LogP contribution < -0.4 is 5.73 Å². The molecule has 2 heterocycles. The molecule has 1 atom stereocenters. The maximum atomic E-state index is 11.5. The standard InChI is InChI=1S/C16H19N3OS/c17-15(20)14-8-4-5-9-19(14)10-13-11-21-16(18-13)12-6-2-1-3-7-12/h1-3,6-7,11,14H,4-5,8-10H2,(H2,17,20)/t14-/m0/s1. The highest BCUT2D eigenvalue weighted by atomic mass is 32.1. The Morgan fingerprint density at radius 2 is 2.14 bits per heavy atom. The van der Waals surface area contributed by atoms with Gasteiger partial charge in [0.1, 0.15) is 5.01 Å². The van der Waals surface area contributed by atoms with E-state index in [0.29, 0.717) is 6.54 Å². The van der Waals surface area contributed by atoms with Gasteiger partial charge in [0.2, 0.25) is 5.91 Å². The van der Waals surface area contributed by atoms with E-state index in [2.05, 4.69) is 22.4 Å². The fourth-order valence-electron chi connectivity index (χ4n) is 2.80. The number of benzene rings is 1. The summed E-state index contributed by atoms with van der Waals surface area (Å²) < 4.78 is 0. The zero-order valence-electron chi connectivity index (χ0n) is 11.9. The molecular weight excluding hydrogens is 282 g/mol. The van der Waals surface area contributed by atoms with E-state index in [1.165, 1.54) is 0 Å². The van der Waals surface area contributed by atoms with Gasteiger partial charge >= 0.3 is 0 Å². The number of likely N-dealkylation sites (tertiary alicyclic amines) is 1. The van der Waals surface area contributed by atoms with Gasteiger partial charge in [-0.25, -0.2) is 4.98 Å². The smallest absolute Gasteiger partial charge is 0.234 e. The number of nitrogens with zero attached hydrogens (tertiary/aromatic N) is 2. The molecule has 1 fully saturated rings. The Morgan fingerprint density at radius 1 is 1.33 bits per heavy atom. The maximum absolute atomic E-state index is 11.5. The molecule has 0 aliphatic carbocycles. The van der Waals surface area contributed by atoms with Crippen LogP contribution in [0.15, 0.2) is 35.7 Å². The van der Waals surface area contributed by atoms with Gasteiger partial charge in [0, 0.05) is 17.5 Å². The lowest BCUT2D eigenvalue weighted by molar-refractivity contribution is -0.124. The second kappa shape index (κ2) is 6.37. The van der Waals surface area contributed by atoms with Crippen LogP contribution in [0.5, 0.6) is 0 Å². The van der Waals surface area contributed by atoms with E-state index in [4.69, 9.17) is 10.7 Å². The fraction of sp³-hybridized carbons (Fsp3) is 0.375. The van der Waals surface area contributed by atoms with E-state index in [9.17, 15) is 4.79 Å². The number of carbonyl (C=O) groups excluding carboxylic acids is 1. The van der Waals surface area contributed by atoms with Gasteiger partial charge in [-0.15, -0.1) is 11.3 Å². The first-order valence-corrected chi connectivity index (χ1v) is 8.15. The Kier molecular flexibility index (Phi) is 4.31. The molecule has 1 aliphatic rings. The van der Waals surface area contributed by atoms with Crippen LogP contribution in [0.25, 0.3) is 10.6 Å². The Balaban J connectivity index is 1.73. The van der Waals surface area contributed by atoms with Gasteiger partial charge in [-0.3, -0.25) is 9.69 Å². The molecule has 21 heavy (non-hydrogen) atoms. The molecule has 1 amide bonds. The second-order valence-corrected chi connectivity index (χ2v) is 6.25. The average Bonchev–Trinajstić information content (AvgIpc) is 2.97. The molecule has 1 aromatic heterocycles. The lowest BCUT2D eigenvalue weighted by Gasteiger charge is -2.32. The molecule has 4 nitrogen and oxygen atoms in total. The van der Waals surface area contributed by atoms with Crippen LogP contribution in [0.2, 0.25) is 0 Å². The molecule has 3 rings (SSSR count). The Hall–Kier alpha value is -1.72. The van der Waals surface area contributed by atoms with Crippen LogP contribution in [-0.4, -0.2) is 28.4 Å². The third-order valence-corrected chi connectivity index (χ3v) is 4.82. The zero-order chi connectivity index (χ0) is 14.7. The number of rotatable bonds is 4. The van der Waals surface area contributed by atoms with Gasteiger partial charge in [0.15, 0.2) is 0 Å². The molecule has 2 aromatic rings. The highest BCUT2D eigenvalue weighted by molar-refractivity contribution is 7.13. The third-order valence-electron chi connectivity index (χ3n) is 3.88. The Labute approximate surface area is 128 Å². The second-order valence-electron chi connectivity index (χ2n) is 5.39. The van der Waals surface area contributed by atoms with Crippen molar-refractivity contribution < 1.29 is 4.79 Å². The molecule has 0 saturated carbocycles. The minimum absolute atomic E-state index is 0.138. The first-order chi connectivity index (χ1) is 10.2. The van der Waals surface area contributed by atoms with Gasteiger partial charge in [-0.05, 0) is 19.4 Å². The average molecular weight is 301 g/mol. The van der Waals surface area contributed by atoms with Crippen LogP contribution >= 0.6 is 11.3 Å². The molecule has 110 valence electrons. The van der Waals surface area contributed by atoms with Crippen LogP contribution in [0.4, 0.5) is 0 Å². The highest BCUT2D eigenvalue weighted by Gasteiger charge is 2.27. The predicted molar refractivity (Wildman–Crippen MR) is 84.8 cm³/mol. The van der Waals surface area contributed by atoms with Gasteiger partial charge < -0.3 is 5.73 Å². The number of carbonyl (C=O) groups is 1. The van der Waals surface area contributed by atoms with Crippen molar-refractivity contribution in [1.29, 1.82) is 0 Å². The molecule has 1 aromatic carbocycles. The summed E-state index contributed by atoms with van der Waals surface area (Å²) in [5.74, 6) is -0.215. The van der Waals surface area contributed by atoms with Gasteiger partial charge in [-0.2, -0.15) is 0 Å². The fourth-order valence-corrected chi connectivity index (χ4v) is 3.62. The Bertz CT molecular complexity index is 611. The van der Waals surface area contributed by atoms with Crippen molar-refractivity contribution in [2.24, 2.45) is 5.73 Å². The first-order valence-electron chi connectivity index (χ1n) is 7.27.